The highest BCUT2D eigenvalue weighted by Gasteiger charge is 2.41. The van der Waals surface area contributed by atoms with E-state index in [2.05, 4.69) is 14.5 Å². The zero-order chi connectivity index (χ0) is 28.6. The van der Waals surface area contributed by atoms with Gasteiger partial charge in [0.1, 0.15) is 19.3 Å². The third-order valence-electron chi connectivity index (χ3n) is 6.17. The van der Waals surface area contributed by atoms with Crippen molar-refractivity contribution in [1.29, 1.82) is 0 Å². The van der Waals surface area contributed by atoms with Crippen molar-refractivity contribution >= 4 is 37.8 Å². The van der Waals surface area contributed by atoms with Crippen LogP contribution in [0.3, 0.4) is 0 Å². The molecule has 3 rings (SSSR count). The molecule has 1 amide bonds. The van der Waals surface area contributed by atoms with Crippen LogP contribution < -0.4 is 10.5 Å². The van der Waals surface area contributed by atoms with Crippen LogP contribution in [0.4, 0.5) is 0 Å². The van der Waals surface area contributed by atoms with Gasteiger partial charge in [-0.2, -0.15) is 9.03 Å². The van der Waals surface area contributed by atoms with Gasteiger partial charge in [0.2, 0.25) is 26.0 Å². The Balaban J connectivity index is 1.71. The largest absolute Gasteiger partial charge is 0.468 e. The maximum absolute atomic E-state index is 13.3. The number of nitrogens with two attached hydrogens (primary N) is 1. The lowest BCUT2D eigenvalue weighted by molar-refractivity contribution is -0.150. The van der Waals surface area contributed by atoms with Crippen LogP contribution >= 0.6 is 0 Å². The number of ether oxygens (including phenoxy) is 1. The number of hydrogen-bond acceptors (Lipinski definition) is 8. The number of hydrogen-bond donors (Lipinski definition) is 2. The minimum Gasteiger partial charge on any atom is -0.468 e. The van der Waals surface area contributed by atoms with Crippen LogP contribution in [0.2, 0.25) is 0 Å². The number of methoxy groups -OCH3 is 1. The van der Waals surface area contributed by atoms with Crippen molar-refractivity contribution in [3.63, 3.8) is 0 Å². The first-order valence-electron chi connectivity index (χ1n) is 12.2. The molecular weight excluding hydrogens is 546 g/mol. The highest BCUT2D eigenvalue weighted by molar-refractivity contribution is 7.89. The number of amidine groups is 1. The van der Waals surface area contributed by atoms with Crippen molar-refractivity contribution in [3.8, 4) is 0 Å². The number of aliphatic imine (C=N–C) groups is 1. The molecule has 1 aliphatic rings. The standard InChI is InChI=1S/C25H33N5O7S2/c1-19-8-10-21(11-9-19)39(35,36)28-18-27-23(26)13-12-22-25(32)29(16-24(31)37-2)14-15-30(22)38(33,34)17-20-6-4-3-5-7-20/h3-11,22,28H,12-18H2,1-2H3,(H2,26,27)/t22-/m0/s1. The minimum atomic E-state index is -3.90. The van der Waals surface area contributed by atoms with Crippen LogP contribution in [0.5, 0.6) is 0 Å². The molecule has 12 nitrogen and oxygen atoms in total. The Hall–Kier alpha value is -3.33. The summed E-state index contributed by atoms with van der Waals surface area (Å²) in [6.45, 7) is 1.24. The lowest BCUT2D eigenvalue weighted by Gasteiger charge is -2.39. The van der Waals surface area contributed by atoms with Crippen LogP contribution in [0.1, 0.15) is 24.0 Å². The Kier molecular flexibility index (Phi) is 10.2. The van der Waals surface area contributed by atoms with Gasteiger partial charge in [-0.05, 0) is 31.0 Å². The summed E-state index contributed by atoms with van der Waals surface area (Å²) in [5, 5.41) is 0. The molecule has 212 valence electrons. The highest BCUT2D eigenvalue weighted by Crippen LogP contribution is 2.23. The first-order chi connectivity index (χ1) is 18.4. The molecule has 2 aromatic rings. The van der Waals surface area contributed by atoms with Gasteiger partial charge in [0.25, 0.3) is 0 Å². The molecule has 1 saturated heterocycles. The number of carbonyl (C=O) groups is 2. The van der Waals surface area contributed by atoms with E-state index in [1.807, 2.05) is 6.92 Å². The number of carbonyl (C=O) groups excluding carboxylic acids is 2. The summed E-state index contributed by atoms with van der Waals surface area (Å²) in [7, 11) is -6.49. The van der Waals surface area contributed by atoms with E-state index in [0.29, 0.717) is 5.56 Å². The van der Waals surface area contributed by atoms with Crippen LogP contribution in [0, 0.1) is 6.92 Å². The molecular formula is C25H33N5O7S2. The molecule has 1 atom stereocenters. The number of amides is 1. The zero-order valence-electron chi connectivity index (χ0n) is 21.8. The van der Waals surface area contributed by atoms with Crippen molar-refractivity contribution < 1.29 is 31.2 Å². The topological polar surface area (TPSA) is 169 Å². The number of rotatable bonds is 12. The van der Waals surface area contributed by atoms with Gasteiger partial charge < -0.3 is 15.4 Å². The van der Waals surface area contributed by atoms with Gasteiger partial charge in [-0.15, -0.1) is 0 Å². The Morgan fingerprint density at radius 2 is 1.74 bits per heavy atom. The Labute approximate surface area is 228 Å². The van der Waals surface area contributed by atoms with Gasteiger partial charge in [-0.3, -0.25) is 14.6 Å². The van der Waals surface area contributed by atoms with Crippen molar-refractivity contribution in [2.75, 3.05) is 33.4 Å². The molecule has 14 heteroatoms. The molecule has 0 unspecified atom stereocenters. The summed E-state index contributed by atoms with van der Waals surface area (Å²) in [5.41, 5.74) is 7.47. The molecule has 0 aromatic heterocycles. The van der Waals surface area contributed by atoms with E-state index in [1.165, 1.54) is 24.1 Å². The molecule has 0 bridgehead atoms. The molecule has 1 heterocycles. The number of nitrogens with zero attached hydrogens (tertiary/aromatic N) is 3. The van der Waals surface area contributed by atoms with Gasteiger partial charge in [-0.1, -0.05) is 48.0 Å². The first kappa shape index (κ1) is 30.2. The normalized spacial score (nSPS) is 17.3. The molecule has 1 fully saturated rings. The highest BCUT2D eigenvalue weighted by atomic mass is 32.2. The zero-order valence-corrected chi connectivity index (χ0v) is 23.4. The second kappa shape index (κ2) is 13.2. The van der Waals surface area contributed by atoms with Crippen molar-refractivity contribution in [1.82, 2.24) is 13.9 Å². The Bertz CT molecular complexity index is 1400. The molecule has 0 saturated carbocycles. The molecule has 3 N–H and O–H groups in total. The van der Waals surface area contributed by atoms with E-state index in [0.717, 1.165) is 9.87 Å². The van der Waals surface area contributed by atoms with Gasteiger partial charge in [0, 0.05) is 19.5 Å². The summed E-state index contributed by atoms with van der Waals surface area (Å²) >= 11 is 0. The molecule has 0 radical (unpaired) electrons. The fourth-order valence-corrected chi connectivity index (χ4v) is 6.67. The van der Waals surface area contributed by atoms with Crippen LogP contribution in [0.15, 0.2) is 64.5 Å². The fraction of sp³-hybridized carbons (Fsp3) is 0.400. The minimum absolute atomic E-state index is 0.00400. The Morgan fingerprint density at radius 1 is 1.08 bits per heavy atom. The number of esters is 1. The van der Waals surface area contributed by atoms with Crippen LogP contribution in [0.25, 0.3) is 0 Å². The lowest BCUT2D eigenvalue weighted by atomic mass is 10.1. The smallest absolute Gasteiger partial charge is 0.325 e. The monoisotopic (exact) mass is 579 g/mol. The summed E-state index contributed by atoms with van der Waals surface area (Å²) in [5.74, 6) is -1.42. The second-order valence-electron chi connectivity index (χ2n) is 9.01. The Morgan fingerprint density at radius 3 is 2.38 bits per heavy atom. The van der Waals surface area contributed by atoms with E-state index in [9.17, 15) is 26.4 Å². The van der Waals surface area contributed by atoms with Crippen molar-refractivity contribution in [3.05, 3.63) is 65.7 Å². The predicted octanol–water partition coefficient (Wildman–Crippen LogP) is 0.584. The van der Waals surface area contributed by atoms with E-state index in [-0.39, 0.29) is 55.6 Å². The molecule has 0 aliphatic carbocycles. The number of sulfonamides is 2. The average molecular weight is 580 g/mol. The summed E-state index contributed by atoms with van der Waals surface area (Å²) in [6, 6.07) is 13.8. The van der Waals surface area contributed by atoms with Crippen molar-refractivity contribution in [2.45, 2.75) is 36.5 Å². The molecule has 39 heavy (non-hydrogen) atoms. The van der Waals surface area contributed by atoms with Gasteiger partial charge in [-0.25, -0.2) is 16.8 Å². The summed E-state index contributed by atoms with van der Waals surface area (Å²) in [4.78, 5) is 30.4. The average Bonchev–Trinajstić information content (AvgIpc) is 2.89. The summed E-state index contributed by atoms with van der Waals surface area (Å²) < 4.78 is 59.6. The third-order valence-corrected chi connectivity index (χ3v) is 9.43. The van der Waals surface area contributed by atoms with E-state index < -0.39 is 38.0 Å². The van der Waals surface area contributed by atoms with Gasteiger partial charge in [0.15, 0.2) is 0 Å². The number of benzene rings is 2. The molecule has 2 aromatic carbocycles. The van der Waals surface area contributed by atoms with Crippen LogP contribution in [-0.4, -0.2) is 83.2 Å². The van der Waals surface area contributed by atoms with Crippen LogP contribution in [-0.2, 0) is 40.1 Å². The maximum Gasteiger partial charge on any atom is 0.325 e. The van der Waals surface area contributed by atoms with Crippen molar-refractivity contribution in [2.24, 2.45) is 10.7 Å². The fourth-order valence-electron chi connectivity index (χ4n) is 4.05. The lowest BCUT2D eigenvalue weighted by Crippen LogP contribution is -2.59. The molecule has 1 aliphatic heterocycles. The third kappa shape index (κ3) is 8.33. The maximum atomic E-state index is 13.3. The van der Waals surface area contributed by atoms with E-state index in [1.54, 1.807) is 42.5 Å². The van der Waals surface area contributed by atoms with E-state index in [4.69, 9.17) is 5.73 Å². The first-order valence-corrected chi connectivity index (χ1v) is 15.3. The van der Waals surface area contributed by atoms with Gasteiger partial charge in [0.05, 0.1) is 23.6 Å². The number of nitrogens with one attached hydrogen (secondary N) is 1. The SMILES string of the molecule is COC(=O)CN1CCN(S(=O)(=O)Cc2ccccc2)[C@@H](CC/C(N)=N/CNS(=O)(=O)c2ccc(C)cc2)C1=O. The number of piperazine rings is 1. The number of aryl methyl sites for hydroxylation is 1. The quantitative estimate of drug-likeness (QED) is 0.209. The summed E-state index contributed by atoms with van der Waals surface area (Å²) in [6.07, 6.45) is 0.0106. The van der Waals surface area contributed by atoms with Gasteiger partial charge >= 0.3 is 5.97 Å². The molecule has 0 spiro atoms. The van der Waals surface area contributed by atoms with E-state index >= 15 is 0 Å². The predicted molar refractivity (Wildman–Crippen MR) is 145 cm³/mol. The second-order valence-corrected chi connectivity index (χ2v) is 12.7.